The number of nitrogens with two attached hydrogens (primary N) is 1. The van der Waals surface area contributed by atoms with Crippen molar-refractivity contribution in [2.24, 2.45) is 10.9 Å². The molecule has 0 unspecified atom stereocenters. The molecule has 0 saturated heterocycles. The predicted molar refractivity (Wildman–Crippen MR) is 77.9 cm³/mol. The monoisotopic (exact) mass is 298 g/mol. The Balaban J connectivity index is 2.45. The lowest BCUT2D eigenvalue weighted by molar-refractivity contribution is 0.0199. The highest BCUT2D eigenvalue weighted by molar-refractivity contribution is 5.99. The van der Waals surface area contributed by atoms with Gasteiger partial charge in [0.15, 0.2) is 5.84 Å². The SMILES string of the molecule is COCCOCCOCc1ccc(OC)c(/C(N)=N/O)c1. The van der Waals surface area contributed by atoms with Crippen LogP contribution < -0.4 is 10.5 Å². The molecule has 0 radical (unpaired) electrons. The summed E-state index contributed by atoms with van der Waals surface area (Å²) < 4.78 is 20.8. The molecule has 0 amide bonds. The number of hydrogen-bond acceptors (Lipinski definition) is 6. The molecule has 0 heterocycles. The maximum Gasteiger partial charge on any atom is 0.173 e. The molecule has 21 heavy (non-hydrogen) atoms. The van der Waals surface area contributed by atoms with Crippen molar-refractivity contribution in [3.8, 4) is 5.75 Å². The van der Waals surface area contributed by atoms with Crippen LogP contribution in [0.5, 0.6) is 5.75 Å². The van der Waals surface area contributed by atoms with Gasteiger partial charge >= 0.3 is 0 Å². The average molecular weight is 298 g/mol. The van der Waals surface area contributed by atoms with Crippen LogP contribution in [0.4, 0.5) is 0 Å². The zero-order chi connectivity index (χ0) is 15.5. The fourth-order valence-corrected chi connectivity index (χ4v) is 1.65. The summed E-state index contributed by atoms with van der Waals surface area (Å²) in [6.07, 6.45) is 0. The van der Waals surface area contributed by atoms with Crippen LogP contribution in [0.25, 0.3) is 0 Å². The summed E-state index contributed by atoms with van der Waals surface area (Å²) in [6, 6.07) is 5.37. The van der Waals surface area contributed by atoms with E-state index in [0.29, 0.717) is 44.3 Å². The molecule has 0 spiro atoms. The zero-order valence-electron chi connectivity index (χ0n) is 12.4. The van der Waals surface area contributed by atoms with Crippen LogP contribution in [0.15, 0.2) is 23.4 Å². The van der Waals surface area contributed by atoms with Gasteiger partial charge in [0.2, 0.25) is 0 Å². The highest BCUT2D eigenvalue weighted by Gasteiger charge is 2.09. The molecule has 7 nitrogen and oxygen atoms in total. The van der Waals surface area contributed by atoms with E-state index >= 15 is 0 Å². The van der Waals surface area contributed by atoms with Crippen molar-refractivity contribution in [3.05, 3.63) is 29.3 Å². The van der Waals surface area contributed by atoms with Crippen LogP contribution in [0.2, 0.25) is 0 Å². The predicted octanol–water partition coefficient (Wildman–Crippen LogP) is 0.969. The summed E-state index contributed by atoms with van der Waals surface area (Å²) >= 11 is 0. The van der Waals surface area contributed by atoms with Crippen LogP contribution in [0.1, 0.15) is 11.1 Å². The number of hydrogen-bond donors (Lipinski definition) is 2. The molecule has 0 atom stereocenters. The maximum atomic E-state index is 8.77. The fraction of sp³-hybridized carbons (Fsp3) is 0.500. The van der Waals surface area contributed by atoms with Crippen molar-refractivity contribution >= 4 is 5.84 Å². The van der Waals surface area contributed by atoms with Gasteiger partial charge in [0.25, 0.3) is 0 Å². The molecule has 0 aliphatic rings. The van der Waals surface area contributed by atoms with Crippen LogP contribution >= 0.6 is 0 Å². The molecule has 1 aromatic carbocycles. The van der Waals surface area contributed by atoms with Crippen LogP contribution in [0.3, 0.4) is 0 Å². The van der Waals surface area contributed by atoms with Crippen molar-refractivity contribution in [2.45, 2.75) is 6.61 Å². The Morgan fingerprint density at radius 3 is 2.52 bits per heavy atom. The highest BCUT2D eigenvalue weighted by atomic mass is 16.5. The first-order valence-corrected chi connectivity index (χ1v) is 6.52. The third-order valence-corrected chi connectivity index (χ3v) is 2.72. The van der Waals surface area contributed by atoms with Crippen molar-refractivity contribution in [1.82, 2.24) is 0 Å². The van der Waals surface area contributed by atoms with E-state index in [1.807, 2.05) is 6.07 Å². The van der Waals surface area contributed by atoms with Crippen LogP contribution in [-0.2, 0) is 20.8 Å². The smallest absolute Gasteiger partial charge is 0.173 e. The maximum absolute atomic E-state index is 8.77. The number of amidine groups is 1. The summed E-state index contributed by atoms with van der Waals surface area (Å²) in [5.74, 6) is 0.536. The largest absolute Gasteiger partial charge is 0.496 e. The number of oxime groups is 1. The molecule has 1 rings (SSSR count). The summed E-state index contributed by atoms with van der Waals surface area (Å²) in [5, 5.41) is 11.8. The minimum Gasteiger partial charge on any atom is -0.496 e. The van der Waals surface area contributed by atoms with E-state index < -0.39 is 0 Å². The molecule has 1 aromatic rings. The molecule has 118 valence electrons. The molecule has 0 saturated carbocycles. The quantitative estimate of drug-likeness (QED) is 0.220. The number of rotatable bonds is 10. The van der Waals surface area contributed by atoms with Crippen LogP contribution in [-0.4, -0.2) is 51.7 Å². The molecule has 7 heteroatoms. The van der Waals surface area contributed by atoms with E-state index in [4.69, 9.17) is 29.9 Å². The first-order valence-electron chi connectivity index (χ1n) is 6.52. The third kappa shape index (κ3) is 5.99. The average Bonchev–Trinajstić information content (AvgIpc) is 2.53. The van der Waals surface area contributed by atoms with Gasteiger partial charge in [-0.25, -0.2) is 0 Å². The van der Waals surface area contributed by atoms with Crippen molar-refractivity contribution in [2.75, 3.05) is 40.6 Å². The molecule has 0 aromatic heterocycles. The Hall–Kier alpha value is -1.83. The van der Waals surface area contributed by atoms with Crippen molar-refractivity contribution in [3.63, 3.8) is 0 Å². The van der Waals surface area contributed by atoms with Gasteiger partial charge in [-0.05, 0) is 17.7 Å². The second-order valence-corrected chi connectivity index (χ2v) is 4.18. The van der Waals surface area contributed by atoms with Gasteiger partial charge in [-0.1, -0.05) is 11.2 Å². The number of nitrogens with zero attached hydrogens (tertiary/aromatic N) is 1. The fourth-order valence-electron chi connectivity index (χ4n) is 1.65. The Morgan fingerprint density at radius 2 is 1.86 bits per heavy atom. The lowest BCUT2D eigenvalue weighted by atomic mass is 10.1. The van der Waals surface area contributed by atoms with Crippen LogP contribution in [0, 0.1) is 0 Å². The normalized spacial score (nSPS) is 11.6. The summed E-state index contributed by atoms with van der Waals surface area (Å²) in [6.45, 7) is 2.52. The lowest BCUT2D eigenvalue weighted by Gasteiger charge is -2.10. The van der Waals surface area contributed by atoms with E-state index in [1.54, 1.807) is 19.2 Å². The molecular weight excluding hydrogens is 276 g/mol. The third-order valence-electron chi connectivity index (χ3n) is 2.72. The second-order valence-electron chi connectivity index (χ2n) is 4.18. The van der Waals surface area contributed by atoms with E-state index in [2.05, 4.69) is 5.16 Å². The molecule has 0 aliphatic carbocycles. The summed E-state index contributed by atoms with van der Waals surface area (Å²) in [7, 11) is 3.15. The number of methoxy groups -OCH3 is 2. The second kappa shape index (κ2) is 9.98. The number of benzene rings is 1. The van der Waals surface area contributed by atoms with Gasteiger partial charge in [0.05, 0.1) is 45.7 Å². The first kappa shape index (κ1) is 17.2. The van der Waals surface area contributed by atoms with Crippen molar-refractivity contribution in [1.29, 1.82) is 0 Å². The minimum atomic E-state index is -0.00315. The Bertz CT molecular complexity index is 451. The van der Waals surface area contributed by atoms with E-state index in [1.165, 1.54) is 7.11 Å². The van der Waals surface area contributed by atoms with Gasteiger partial charge in [-0.3, -0.25) is 0 Å². The van der Waals surface area contributed by atoms with E-state index in [-0.39, 0.29) is 5.84 Å². The molecule has 0 bridgehead atoms. The van der Waals surface area contributed by atoms with E-state index in [9.17, 15) is 0 Å². The van der Waals surface area contributed by atoms with Gasteiger partial charge in [0, 0.05) is 7.11 Å². The first-order chi connectivity index (χ1) is 10.2. The molecule has 0 aliphatic heterocycles. The Morgan fingerprint density at radius 1 is 1.14 bits per heavy atom. The Labute approximate surface area is 124 Å². The zero-order valence-corrected chi connectivity index (χ0v) is 12.4. The molecular formula is C14H22N2O5. The standard InChI is InChI=1S/C14H22N2O5/c1-18-5-6-20-7-8-21-10-11-3-4-13(19-2)12(9-11)14(15)16-17/h3-4,9,17H,5-8,10H2,1-2H3,(H2,15,16). The van der Waals surface area contributed by atoms with Gasteiger partial charge in [-0.2, -0.15) is 0 Å². The molecule has 3 N–H and O–H groups in total. The molecule has 0 fully saturated rings. The number of ether oxygens (including phenoxy) is 4. The summed E-state index contributed by atoms with van der Waals surface area (Å²) in [5.41, 5.74) is 7.03. The summed E-state index contributed by atoms with van der Waals surface area (Å²) in [4.78, 5) is 0. The minimum absolute atomic E-state index is 0.00315. The highest BCUT2D eigenvalue weighted by Crippen LogP contribution is 2.20. The van der Waals surface area contributed by atoms with Gasteiger partial charge in [-0.15, -0.1) is 0 Å². The van der Waals surface area contributed by atoms with Gasteiger partial charge in [0.1, 0.15) is 5.75 Å². The Kier molecular flexibility index (Phi) is 8.18. The topological polar surface area (TPSA) is 95.5 Å². The van der Waals surface area contributed by atoms with E-state index in [0.717, 1.165) is 5.56 Å². The van der Waals surface area contributed by atoms with Gasteiger partial charge < -0.3 is 29.9 Å². The van der Waals surface area contributed by atoms with Crippen molar-refractivity contribution < 1.29 is 24.2 Å². The lowest BCUT2D eigenvalue weighted by Crippen LogP contribution is -2.15.